The number of methoxy groups -OCH3 is 1. The Kier molecular flexibility index (Phi) is 5.97. The fraction of sp³-hybridized carbons (Fsp3) is 0.348. The van der Waals surface area contributed by atoms with E-state index in [0.29, 0.717) is 18.6 Å². The van der Waals surface area contributed by atoms with Crippen molar-refractivity contribution in [2.75, 3.05) is 13.7 Å². The van der Waals surface area contributed by atoms with E-state index in [4.69, 9.17) is 13.9 Å². The van der Waals surface area contributed by atoms with Crippen LogP contribution >= 0.6 is 0 Å². The van der Waals surface area contributed by atoms with Gasteiger partial charge in [-0.2, -0.15) is 5.10 Å². The van der Waals surface area contributed by atoms with Gasteiger partial charge in [-0.1, -0.05) is 12.2 Å². The lowest BCUT2D eigenvalue weighted by Gasteiger charge is -2.19. The molecule has 0 N–H and O–H groups in total. The fourth-order valence-corrected chi connectivity index (χ4v) is 3.75. The molecule has 30 heavy (non-hydrogen) atoms. The number of rotatable bonds is 7. The van der Waals surface area contributed by atoms with Gasteiger partial charge in [0.25, 0.3) is 5.91 Å². The lowest BCUT2D eigenvalue weighted by atomic mass is 10.0. The molecular weight excluding hydrogens is 384 g/mol. The third kappa shape index (κ3) is 4.45. The highest BCUT2D eigenvalue weighted by Gasteiger charge is 2.35. The summed E-state index contributed by atoms with van der Waals surface area (Å²) in [6.07, 6.45) is 8.40. The summed E-state index contributed by atoms with van der Waals surface area (Å²) in [4.78, 5) is 24.9. The zero-order valence-electron chi connectivity index (χ0n) is 16.8. The van der Waals surface area contributed by atoms with E-state index < -0.39 is 0 Å². The third-order valence-electron chi connectivity index (χ3n) is 5.36. The van der Waals surface area contributed by atoms with Gasteiger partial charge < -0.3 is 13.9 Å². The van der Waals surface area contributed by atoms with Crippen molar-refractivity contribution in [1.29, 1.82) is 0 Å². The third-order valence-corrected chi connectivity index (χ3v) is 5.36. The van der Waals surface area contributed by atoms with Crippen LogP contribution in [0.25, 0.3) is 0 Å². The monoisotopic (exact) mass is 408 g/mol. The molecule has 2 aliphatic rings. The molecule has 1 amide bonds. The molecule has 0 spiro atoms. The molecule has 156 valence electrons. The molecule has 2 heterocycles. The highest BCUT2D eigenvalue weighted by Crippen LogP contribution is 2.33. The van der Waals surface area contributed by atoms with Crippen LogP contribution in [-0.4, -0.2) is 36.3 Å². The standard InChI is InChI=1S/C23H24N2O5/c1-28-18-10-8-17(9-11-18)19-14-20(21-7-4-12-29-21)25(24-19)22(26)15-30-23(27)13-16-5-2-3-6-16/h2,4-5,7-12,16,20H,3,6,13-15H2,1H3/t16-,20+/m1/s1. The number of hydrogen-bond donors (Lipinski definition) is 0. The lowest BCUT2D eigenvalue weighted by Crippen LogP contribution is -2.31. The summed E-state index contributed by atoms with van der Waals surface area (Å²) in [5.74, 6) is 0.841. The van der Waals surface area contributed by atoms with E-state index in [-0.39, 0.29) is 30.4 Å². The first-order chi connectivity index (χ1) is 14.6. The highest BCUT2D eigenvalue weighted by atomic mass is 16.5. The van der Waals surface area contributed by atoms with E-state index in [1.54, 1.807) is 19.4 Å². The molecular formula is C23H24N2O5. The topological polar surface area (TPSA) is 81.3 Å². The molecule has 7 heteroatoms. The normalized spacial score (nSPS) is 20.3. The van der Waals surface area contributed by atoms with Gasteiger partial charge in [-0.05, 0) is 60.7 Å². The van der Waals surface area contributed by atoms with Gasteiger partial charge >= 0.3 is 5.97 Å². The summed E-state index contributed by atoms with van der Waals surface area (Å²) < 4.78 is 16.0. The maximum atomic E-state index is 12.8. The maximum Gasteiger partial charge on any atom is 0.306 e. The maximum absolute atomic E-state index is 12.8. The summed E-state index contributed by atoms with van der Waals surface area (Å²) in [5.41, 5.74) is 1.66. The summed E-state index contributed by atoms with van der Waals surface area (Å²) in [6.45, 7) is -0.341. The Labute approximate surface area is 175 Å². The van der Waals surface area contributed by atoms with Gasteiger partial charge in [0.15, 0.2) is 6.61 Å². The van der Waals surface area contributed by atoms with Crippen LogP contribution in [0, 0.1) is 5.92 Å². The number of carbonyl (C=O) groups excluding carboxylic acids is 2. The molecule has 0 saturated heterocycles. The number of allylic oxidation sites excluding steroid dienone is 2. The molecule has 1 aliphatic heterocycles. The molecule has 1 aromatic carbocycles. The summed E-state index contributed by atoms with van der Waals surface area (Å²) in [7, 11) is 1.61. The Morgan fingerprint density at radius 3 is 2.73 bits per heavy atom. The van der Waals surface area contributed by atoms with Crippen molar-refractivity contribution in [3.63, 3.8) is 0 Å². The number of esters is 1. The van der Waals surface area contributed by atoms with E-state index in [0.717, 1.165) is 29.9 Å². The molecule has 1 aliphatic carbocycles. The van der Waals surface area contributed by atoms with Crippen molar-refractivity contribution < 1.29 is 23.5 Å². The zero-order chi connectivity index (χ0) is 20.9. The molecule has 4 rings (SSSR count). The van der Waals surface area contributed by atoms with Gasteiger partial charge in [-0.15, -0.1) is 0 Å². The van der Waals surface area contributed by atoms with E-state index in [9.17, 15) is 9.59 Å². The van der Waals surface area contributed by atoms with Gasteiger partial charge in [0.05, 0.1) is 25.5 Å². The largest absolute Gasteiger partial charge is 0.497 e. The summed E-state index contributed by atoms with van der Waals surface area (Å²) in [6, 6.07) is 10.7. The van der Waals surface area contributed by atoms with Crippen LogP contribution in [0.3, 0.4) is 0 Å². The summed E-state index contributed by atoms with van der Waals surface area (Å²) in [5, 5.41) is 5.89. The SMILES string of the molecule is COc1ccc(C2=NN(C(=O)COC(=O)C[C@@H]3C=CCC3)[C@H](c3ccco3)C2)cc1. The number of amides is 1. The van der Waals surface area contributed by atoms with Crippen LogP contribution in [0.2, 0.25) is 0 Å². The molecule has 1 aromatic heterocycles. The minimum absolute atomic E-state index is 0.204. The molecule has 0 bridgehead atoms. The van der Waals surface area contributed by atoms with Crippen molar-refractivity contribution in [2.45, 2.75) is 31.7 Å². The Morgan fingerprint density at radius 1 is 1.23 bits per heavy atom. The molecule has 2 atom stereocenters. The first-order valence-corrected chi connectivity index (χ1v) is 10.0. The molecule has 0 unspecified atom stereocenters. The smallest absolute Gasteiger partial charge is 0.306 e. The predicted octanol–water partition coefficient (Wildman–Crippen LogP) is 3.87. The van der Waals surface area contributed by atoms with Gasteiger partial charge in [-0.3, -0.25) is 9.59 Å². The van der Waals surface area contributed by atoms with E-state index >= 15 is 0 Å². The van der Waals surface area contributed by atoms with Crippen molar-refractivity contribution in [3.05, 3.63) is 66.1 Å². The molecule has 0 saturated carbocycles. The van der Waals surface area contributed by atoms with E-state index in [1.807, 2.05) is 36.4 Å². The Balaban J connectivity index is 1.45. The number of ether oxygens (including phenoxy) is 2. The number of carbonyl (C=O) groups is 2. The second kappa shape index (κ2) is 8.98. The zero-order valence-corrected chi connectivity index (χ0v) is 16.8. The first-order valence-electron chi connectivity index (χ1n) is 10.0. The van der Waals surface area contributed by atoms with Crippen molar-refractivity contribution in [2.24, 2.45) is 11.0 Å². The Bertz CT molecular complexity index is 946. The average Bonchev–Trinajstić information content (AvgIpc) is 3.53. The summed E-state index contributed by atoms with van der Waals surface area (Å²) >= 11 is 0. The molecule has 2 aromatic rings. The number of nitrogens with zero attached hydrogens (tertiary/aromatic N) is 2. The number of furan rings is 1. The highest BCUT2D eigenvalue weighted by molar-refractivity contribution is 6.03. The van der Waals surface area contributed by atoms with E-state index in [1.165, 1.54) is 5.01 Å². The minimum Gasteiger partial charge on any atom is -0.497 e. The second-order valence-corrected chi connectivity index (χ2v) is 7.38. The molecule has 0 fully saturated rings. The van der Waals surface area contributed by atoms with Crippen LogP contribution in [0.5, 0.6) is 5.75 Å². The van der Waals surface area contributed by atoms with Crippen molar-refractivity contribution in [3.8, 4) is 5.75 Å². The average molecular weight is 408 g/mol. The Hall–Kier alpha value is -3.35. The lowest BCUT2D eigenvalue weighted by molar-refractivity contribution is -0.153. The Morgan fingerprint density at radius 2 is 2.07 bits per heavy atom. The van der Waals surface area contributed by atoms with Crippen molar-refractivity contribution >= 4 is 17.6 Å². The van der Waals surface area contributed by atoms with Crippen LogP contribution in [0.4, 0.5) is 0 Å². The second-order valence-electron chi connectivity index (χ2n) is 7.38. The predicted molar refractivity (Wildman–Crippen MR) is 110 cm³/mol. The minimum atomic E-state index is -0.379. The quantitative estimate of drug-likeness (QED) is 0.513. The molecule has 0 radical (unpaired) electrons. The van der Waals surface area contributed by atoms with Crippen LogP contribution in [0.15, 0.2) is 64.3 Å². The number of benzene rings is 1. The van der Waals surface area contributed by atoms with Crippen LogP contribution in [-0.2, 0) is 14.3 Å². The number of hydrogen-bond acceptors (Lipinski definition) is 6. The van der Waals surface area contributed by atoms with Crippen LogP contribution < -0.4 is 4.74 Å². The first kappa shape index (κ1) is 19.9. The van der Waals surface area contributed by atoms with Gasteiger partial charge in [0, 0.05) is 6.42 Å². The van der Waals surface area contributed by atoms with E-state index in [2.05, 4.69) is 11.2 Å². The fourth-order valence-electron chi connectivity index (χ4n) is 3.75. The van der Waals surface area contributed by atoms with Crippen molar-refractivity contribution in [1.82, 2.24) is 5.01 Å². The van der Waals surface area contributed by atoms with Gasteiger partial charge in [0.1, 0.15) is 17.6 Å². The number of hydrazone groups is 1. The molecule has 7 nitrogen and oxygen atoms in total. The van der Waals surface area contributed by atoms with Crippen LogP contribution in [0.1, 0.15) is 43.0 Å². The van der Waals surface area contributed by atoms with Gasteiger partial charge in [-0.25, -0.2) is 5.01 Å². The van der Waals surface area contributed by atoms with Gasteiger partial charge in [0.2, 0.25) is 0 Å².